The number of halogens is 1. The topological polar surface area (TPSA) is 84.2 Å². The summed E-state index contributed by atoms with van der Waals surface area (Å²) in [5.41, 5.74) is 5.43. The molecule has 0 spiro atoms. The van der Waals surface area contributed by atoms with Crippen LogP contribution in [0.25, 0.3) is 0 Å². The van der Waals surface area contributed by atoms with E-state index >= 15 is 0 Å². The molecule has 1 saturated carbocycles. The van der Waals surface area contributed by atoms with E-state index in [-0.39, 0.29) is 36.2 Å². The number of hydrogen-bond donors (Lipinski definition) is 3. The number of carbonyl (C=O) groups excluding carboxylic acids is 2. The van der Waals surface area contributed by atoms with E-state index in [1.54, 1.807) is 0 Å². The highest BCUT2D eigenvalue weighted by Gasteiger charge is 2.30. The molecular weight excluding hydrogens is 290 g/mol. The van der Waals surface area contributed by atoms with Gasteiger partial charge < -0.3 is 16.4 Å². The molecule has 1 aliphatic heterocycles. The Bertz CT molecular complexity index is 346. The van der Waals surface area contributed by atoms with Crippen molar-refractivity contribution in [1.29, 1.82) is 0 Å². The fourth-order valence-electron chi connectivity index (χ4n) is 3.43. The van der Waals surface area contributed by atoms with E-state index in [2.05, 4.69) is 10.6 Å². The van der Waals surface area contributed by atoms with E-state index in [1.807, 2.05) is 0 Å². The first-order chi connectivity index (χ1) is 9.66. The molecule has 4 N–H and O–H groups in total. The van der Waals surface area contributed by atoms with Gasteiger partial charge in [0.1, 0.15) is 0 Å². The summed E-state index contributed by atoms with van der Waals surface area (Å²) in [6.07, 6.45) is 7.68. The molecule has 1 heterocycles. The third-order valence-electron chi connectivity index (χ3n) is 4.72. The van der Waals surface area contributed by atoms with Crippen LogP contribution >= 0.6 is 12.4 Å². The third-order valence-corrected chi connectivity index (χ3v) is 4.72. The molecule has 2 rings (SSSR count). The lowest BCUT2D eigenvalue weighted by atomic mass is 9.84. The van der Waals surface area contributed by atoms with E-state index in [0.717, 1.165) is 45.2 Å². The normalized spacial score (nSPS) is 26.7. The minimum Gasteiger partial charge on any atom is -0.369 e. The number of hydrogen-bond acceptors (Lipinski definition) is 3. The number of rotatable bonds is 5. The number of piperidine rings is 1. The van der Waals surface area contributed by atoms with E-state index in [4.69, 9.17) is 5.73 Å². The van der Waals surface area contributed by atoms with Crippen LogP contribution in [0.3, 0.4) is 0 Å². The average Bonchev–Trinajstić information content (AvgIpc) is 2.46. The summed E-state index contributed by atoms with van der Waals surface area (Å²) < 4.78 is 0. The Morgan fingerprint density at radius 3 is 2.43 bits per heavy atom. The quantitative estimate of drug-likeness (QED) is 0.715. The number of nitrogens with two attached hydrogens (primary N) is 1. The summed E-state index contributed by atoms with van der Waals surface area (Å²) in [4.78, 5) is 23.5. The molecule has 1 aliphatic carbocycles. The first-order valence-corrected chi connectivity index (χ1v) is 7.96. The van der Waals surface area contributed by atoms with Gasteiger partial charge in [0.15, 0.2) is 0 Å². The minimum atomic E-state index is -0.270. The van der Waals surface area contributed by atoms with Crippen molar-refractivity contribution in [2.24, 2.45) is 17.6 Å². The van der Waals surface area contributed by atoms with Crippen molar-refractivity contribution in [2.75, 3.05) is 13.1 Å². The fraction of sp³-hybridized carbons (Fsp3) is 0.867. The second-order valence-electron chi connectivity index (χ2n) is 6.20. The molecule has 5 nitrogen and oxygen atoms in total. The molecule has 21 heavy (non-hydrogen) atoms. The molecule has 2 aliphatic rings. The molecule has 0 aromatic heterocycles. The molecule has 0 aromatic rings. The van der Waals surface area contributed by atoms with Crippen LogP contribution < -0.4 is 16.4 Å². The largest absolute Gasteiger partial charge is 0.369 e. The van der Waals surface area contributed by atoms with Gasteiger partial charge in [-0.05, 0) is 51.1 Å². The average molecular weight is 318 g/mol. The maximum Gasteiger partial charge on any atom is 0.222 e. The Morgan fingerprint density at radius 2 is 1.76 bits per heavy atom. The Morgan fingerprint density at radius 1 is 1.10 bits per heavy atom. The zero-order chi connectivity index (χ0) is 14.4. The van der Waals surface area contributed by atoms with Crippen molar-refractivity contribution in [3.8, 4) is 0 Å². The predicted molar refractivity (Wildman–Crippen MR) is 85.2 cm³/mol. The molecule has 2 unspecified atom stereocenters. The summed E-state index contributed by atoms with van der Waals surface area (Å²) in [5.74, 6) is 0.307. The van der Waals surface area contributed by atoms with Crippen molar-refractivity contribution in [1.82, 2.24) is 10.6 Å². The molecule has 0 radical (unpaired) electrons. The highest BCUT2D eigenvalue weighted by molar-refractivity contribution is 5.85. The van der Waals surface area contributed by atoms with Gasteiger partial charge in [0.25, 0.3) is 0 Å². The Hall–Kier alpha value is -0.810. The monoisotopic (exact) mass is 317 g/mol. The van der Waals surface area contributed by atoms with Crippen LogP contribution in [0.1, 0.15) is 51.4 Å². The van der Waals surface area contributed by atoms with Crippen molar-refractivity contribution in [3.63, 3.8) is 0 Å². The Labute approximate surface area is 133 Å². The summed E-state index contributed by atoms with van der Waals surface area (Å²) in [6.45, 7) is 2.14. The van der Waals surface area contributed by atoms with Gasteiger partial charge in [0.05, 0.1) is 5.92 Å². The van der Waals surface area contributed by atoms with Crippen molar-refractivity contribution in [2.45, 2.75) is 57.4 Å². The summed E-state index contributed by atoms with van der Waals surface area (Å²) in [6, 6.07) is -0.0400. The Balaban J connectivity index is 0.00000220. The standard InChI is InChI=1S/C15H27N3O2.ClH/c16-15(20)12-3-1-2-4-13(12)18-14(19)6-5-11-7-9-17-10-8-11;/h11-13,17H,1-10H2,(H2,16,20)(H,18,19);1H. The molecule has 0 aromatic carbocycles. The van der Waals surface area contributed by atoms with Gasteiger partial charge in [-0.25, -0.2) is 0 Å². The second-order valence-corrected chi connectivity index (χ2v) is 6.20. The first kappa shape index (κ1) is 18.2. The SMILES string of the molecule is Cl.NC(=O)C1CCCCC1NC(=O)CCC1CCNCC1. The van der Waals surface area contributed by atoms with Crippen LogP contribution in [-0.4, -0.2) is 30.9 Å². The molecule has 2 atom stereocenters. The third kappa shape index (κ3) is 5.83. The van der Waals surface area contributed by atoms with Crippen LogP contribution in [-0.2, 0) is 9.59 Å². The predicted octanol–water partition coefficient (Wildman–Crippen LogP) is 1.35. The van der Waals surface area contributed by atoms with E-state index < -0.39 is 0 Å². The Kier molecular flexibility index (Phi) is 8.04. The molecule has 0 bridgehead atoms. The number of primary amides is 1. The zero-order valence-electron chi connectivity index (χ0n) is 12.6. The molecule has 2 amide bonds. The van der Waals surface area contributed by atoms with Crippen molar-refractivity contribution >= 4 is 24.2 Å². The van der Waals surface area contributed by atoms with Gasteiger partial charge in [-0.1, -0.05) is 12.8 Å². The summed E-state index contributed by atoms with van der Waals surface area (Å²) in [5, 5.41) is 6.37. The molecule has 6 heteroatoms. The summed E-state index contributed by atoms with van der Waals surface area (Å²) in [7, 11) is 0. The number of amides is 2. The van der Waals surface area contributed by atoms with Crippen LogP contribution in [0, 0.1) is 11.8 Å². The van der Waals surface area contributed by atoms with Crippen LogP contribution in [0.15, 0.2) is 0 Å². The maximum atomic E-state index is 12.0. The van der Waals surface area contributed by atoms with E-state index in [0.29, 0.717) is 12.3 Å². The van der Waals surface area contributed by atoms with E-state index in [9.17, 15) is 9.59 Å². The maximum absolute atomic E-state index is 12.0. The lowest BCUT2D eigenvalue weighted by molar-refractivity contribution is -0.126. The number of nitrogens with one attached hydrogen (secondary N) is 2. The van der Waals surface area contributed by atoms with E-state index in [1.165, 1.54) is 12.8 Å². The van der Waals surface area contributed by atoms with Crippen LogP contribution in [0.5, 0.6) is 0 Å². The van der Waals surface area contributed by atoms with Crippen LogP contribution in [0.4, 0.5) is 0 Å². The fourth-order valence-corrected chi connectivity index (χ4v) is 3.43. The highest BCUT2D eigenvalue weighted by atomic mass is 35.5. The second kappa shape index (κ2) is 9.26. The van der Waals surface area contributed by atoms with Gasteiger partial charge in [0, 0.05) is 12.5 Å². The zero-order valence-corrected chi connectivity index (χ0v) is 13.4. The van der Waals surface area contributed by atoms with Crippen molar-refractivity contribution in [3.05, 3.63) is 0 Å². The minimum absolute atomic E-state index is 0. The van der Waals surface area contributed by atoms with Gasteiger partial charge in [-0.2, -0.15) is 0 Å². The smallest absolute Gasteiger partial charge is 0.222 e. The van der Waals surface area contributed by atoms with Crippen LogP contribution in [0.2, 0.25) is 0 Å². The van der Waals surface area contributed by atoms with Gasteiger partial charge in [-0.3, -0.25) is 9.59 Å². The molecule has 1 saturated heterocycles. The number of carbonyl (C=O) groups is 2. The highest BCUT2D eigenvalue weighted by Crippen LogP contribution is 2.24. The molecule has 2 fully saturated rings. The van der Waals surface area contributed by atoms with Gasteiger partial charge in [-0.15, -0.1) is 12.4 Å². The van der Waals surface area contributed by atoms with Gasteiger partial charge in [0.2, 0.25) is 11.8 Å². The summed E-state index contributed by atoms with van der Waals surface area (Å²) >= 11 is 0. The lowest BCUT2D eigenvalue weighted by Crippen LogP contribution is -2.47. The van der Waals surface area contributed by atoms with Gasteiger partial charge >= 0.3 is 0 Å². The molecule has 122 valence electrons. The van der Waals surface area contributed by atoms with Crippen molar-refractivity contribution < 1.29 is 9.59 Å². The molecular formula is C15H28ClN3O2. The lowest BCUT2D eigenvalue weighted by Gasteiger charge is -2.30. The first-order valence-electron chi connectivity index (χ1n) is 7.96.